The standard InChI is InChI=1S/C13H18O2/c1-15-13-5-3-2-4-11(13)12(14)9-8-10-6-7-10/h2-5,10,12,14H,6-9H2,1H3. The van der Waals surface area contributed by atoms with Gasteiger partial charge in [-0.05, 0) is 24.8 Å². The summed E-state index contributed by atoms with van der Waals surface area (Å²) in [7, 11) is 1.65. The number of aliphatic hydroxyl groups is 1. The van der Waals surface area contributed by atoms with Crippen LogP contribution in [0.1, 0.15) is 37.4 Å². The lowest BCUT2D eigenvalue weighted by Gasteiger charge is -2.14. The number of hydrogen-bond acceptors (Lipinski definition) is 2. The summed E-state index contributed by atoms with van der Waals surface area (Å²) in [6.45, 7) is 0. The number of benzene rings is 1. The van der Waals surface area contributed by atoms with Crippen LogP contribution in [0.15, 0.2) is 24.3 Å². The van der Waals surface area contributed by atoms with Crippen molar-refractivity contribution in [3.8, 4) is 5.75 Å². The smallest absolute Gasteiger partial charge is 0.124 e. The minimum Gasteiger partial charge on any atom is -0.496 e. The van der Waals surface area contributed by atoms with Crippen molar-refractivity contribution in [2.24, 2.45) is 5.92 Å². The molecule has 0 radical (unpaired) electrons. The number of hydrogen-bond donors (Lipinski definition) is 1. The van der Waals surface area contributed by atoms with Crippen LogP contribution < -0.4 is 4.74 Å². The Bertz CT molecular complexity index is 318. The number of aliphatic hydroxyl groups excluding tert-OH is 1. The summed E-state index contributed by atoms with van der Waals surface area (Å²) in [4.78, 5) is 0. The van der Waals surface area contributed by atoms with Crippen molar-refractivity contribution in [3.63, 3.8) is 0 Å². The highest BCUT2D eigenvalue weighted by atomic mass is 16.5. The van der Waals surface area contributed by atoms with E-state index in [-0.39, 0.29) is 6.10 Å². The van der Waals surface area contributed by atoms with Crippen LogP contribution in [-0.2, 0) is 0 Å². The Hall–Kier alpha value is -1.02. The van der Waals surface area contributed by atoms with Gasteiger partial charge in [-0.15, -0.1) is 0 Å². The van der Waals surface area contributed by atoms with Crippen molar-refractivity contribution in [3.05, 3.63) is 29.8 Å². The molecule has 2 nitrogen and oxygen atoms in total. The molecule has 2 rings (SSSR count). The average molecular weight is 206 g/mol. The molecule has 0 bridgehead atoms. The van der Waals surface area contributed by atoms with Gasteiger partial charge < -0.3 is 9.84 Å². The SMILES string of the molecule is COc1ccccc1C(O)CCC1CC1. The lowest BCUT2D eigenvalue weighted by molar-refractivity contribution is 0.158. The van der Waals surface area contributed by atoms with Crippen LogP contribution in [0.4, 0.5) is 0 Å². The van der Waals surface area contributed by atoms with Crippen LogP contribution in [0.5, 0.6) is 5.75 Å². The van der Waals surface area contributed by atoms with Gasteiger partial charge >= 0.3 is 0 Å². The lowest BCUT2D eigenvalue weighted by atomic mass is 10.0. The maximum absolute atomic E-state index is 10.0. The van der Waals surface area contributed by atoms with Gasteiger partial charge in [0, 0.05) is 5.56 Å². The maximum Gasteiger partial charge on any atom is 0.124 e. The fourth-order valence-corrected chi connectivity index (χ4v) is 1.90. The minimum atomic E-state index is -0.373. The first-order chi connectivity index (χ1) is 7.31. The van der Waals surface area contributed by atoms with Crippen LogP contribution in [-0.4, -0.2) is 12.2 Å². The van der Waals surface area contributed by atoms with Gasteiger partial charge in [0.25, 0.3) is 0 Å². The molecule has 0 aromatic heterocycles. The van der Waals surface area contributed by atoms with Gasteiger partial charge in [-0.3, -0.25) is 0 Å². The van der Waals surface area contributed by atoms with E-state index in [9.17, 15) is 5.11 Å². The highest BCUT2D eigenvalue weighted by Crippen LogP contribution is 2.37. The highest BCUT2D eigenvalue weighted by molar-refractivity contribution is 5.34. The van der Waals surface area contributed by atoms with Crippen molar-refractivity contribution in [2.75, 3.05) is 7.11 Å². The van der Waals surface area contributed by atoms with E-state index >= 15 is 0 Å². The molecule has 1 saturated carbocycles. The van der Waals surface area contributed by atoms with E-state index in [0.717, 1.165) is 30.1 Å². The lowest BCUT2D eigenvalue weighted by Crippen LogP contribution is -2.00. The third kappa shape index (κ3) is 2.72. The number of para-hydroxylation sites is 1. The van der Waals surface area contributed by atoms with E-state index in [1.807, 2.05) is 24.3 Å². The quantitative estimate of drug-likeness (QED) is 0.802. The molecule has 0 spiro atoms. The van der Waals surface area contributed by atoms with Crippen molar-refractivity contribution in [1.82, 2.24) is 0 Å². The fraction of sp³-hybridized carbons (Fsp3) is 0.538. The zero-order valence-electron chi connectivity index (χ0n) is 9.15. The van der Waals surface area contributed by atoms with Crippen LogP contribution >= 0.6 is 0 Å². The van der Waals surface area contributed by atoms with Gasteiger partial charge in [0.05, 0.1) is 13.2 Å². The van der Waals surface area contributed by atoms with Gasteiger partial charge in [0.15, 0.2) is 0 Å². The van der Waals surface area contributed by atoms with Crippen LogP contribution in [0.2, 0.25) is 0 Å². The maximum atomic E-state index is 10.0. The Morgan fingerprint density at radius 2 is 2.13 bits per heavy atom. The minimum absolute atomic E-state index is 0.373. The summed E-state index contributed by atoms with van der Waals surface area (Å²) in [6, 6.07) is 7.71. The first-order valence-corrected chi connectivity index (χ1v) is 5.62. The summed E-state index contributed by atoms with van der Waals surface area (Å²) in [6.07, 6.45) is 4.31. The van der Waals surface area contributed by atoms with Crippen molar-refractivity contribution >= 4 is 0 Å². The molecule has 2 heteroatoms. The molecule has 1 N–H and O–H groups in total. The Kier molecular flexibility index (Phi) is 3.27. The molecule has 1 aliphatic carbocycles. The molecule has 1 unspecified atom stereocenters. The van der Waals surface area contributed by atoms with Crippen molar-refractivity contribution in [2.45, 2.75) is 31.8 Å². The van der Waals surface area contributed by atoms with E-state index in [1.165, 1.54) is 12.8 Å². The summed E-state index contributed by atoms with van der Waals surface area (Å²) in [5, 5.41) is 10.0. The first kappa shape index (κ1) is 10.5. The molecular weight excluding hydrogens is 188 g/mol. The highest BCUT2D eigenvalue weighted by Gasteiger charge is 2.23. The molecule has 1 aromatic carbocycles. The summed E-state index contributed by atoms with van der Waals surface area (Å²) >= 11 is 0. The molecule has 0 aliphatic heterocycles. The van der Waals surface area contributed by atoms with Gasteiger partial charge in [-0.2, -0.15) is 0 Å². The van der Waals surface area contributed by atoms with Gasteiger partial charge in [-0.25, -0.2) is 0 Å². The van der Waals surface area contributed by atoms with E-state index in [4.69, 9.17) is 4.74 Å². The molecule has 1 aromatic rings. The Labute approximate surface area is 90.9 Å². The van der Waals surface area contributed by atoms with E-state index in [0.29, 0.717) is 0 Å². The number of methoxy groups -OCH3 is 1. The zero-order valence-corrected chi connectivity index (χ0v) is 9.15. The predicted octanol–water partition coefficient (Wildman–Crippen LogP) is 2.92. The van der Waals surface area contributed by atoms with Crippen LogP contribution in [0.3, 0.4) is 0 Å². The van der Waals surface area contributed by atoms with Crippen molar-refractivity contribution in [1.29, 1.82) is 0 Å². The number of rotatable bonds is 5. The second-order valence-corrected chi connectivity index (χ2v) is 4.28. The van der Waals surface area contributed by atoms with Gasteiger partial charge in [0.2, 0.25) is 0 Å². The molecule has 15 heavy (non-hydrogen) atoms. The summed E-state index contributed by atoms with van der Waals surface area (Å²) in [5.74, 6) is 1.66. The molecule has 0 saturated heterocycles. The summed E-state index contributed by atoms with van der Waals surface area (Å²) < 4.78 is 5.23. The van der Waals surface area contributed by atoms with Gasteiger partial charge in [0.1, 0.15) is 5.75 Å². The van der Waals surface area contributed by atoms with E-state index in [2.05, 4.69) is 0 Å². The number of ether oxygens (including phenoxy) is 1. The third-order valence-corrected chi connectivity index (χ3v) is 3.04. The van der Waals surface area contributed by atoms with Crippen molar-refractivity contribution < 1.29 is 9.84 Å². The second-order valence-electron chi connectivity index (χ2n) is 4.28. The molecule has 0 amide bonds. The first-order valence-electron chi connectivity index (χ1n) is 5.62. The van der Waals surface area contributed by atoms with E-state index < -0.39 is 0 Å². The van der Waals surface area contributed by atoms with Crippen LogP contribution in [0.25, 0.3) is 0 Å². The average Bonchev–Trinajstić information content (AvgIpc) is 3.09. The normalized spacial score (nSPS) is 17.5. The Balaban J connectivity index is 1.98. The molecule has 0 heterocycles. The van der Waals surface area contributed by atoms with Gasteiger partial charge in [-0.1, -0.05) is 31.0 Å². The second kappa shape index (κ2) is 4.67. The third-order valence-electron chi connectivity index (χ3n) is 3.04. The Morgan fingerprint density at radius 1 is 1.40 bits per heavy atom. The molecule has 82 valence electrons. The topological polar surface area (TPSA) is 29.5 Å². The molecule has 1 aliphatic rings. The Morgan fingerprint density at radius 3 is 2.80 bits per heavy atom. The molecular formula is C13H18O2. The fourth-order valence-electron chi connectivity index (χ4n) is 1.90. The molecule has 1 fully saturated rings. The van der Waals surface area contributed by atoms with E-state index in [1.54, 1.807) is 7.11 Å². The summed E-state index contributed by atoms with van der Waals surface area (Å²) in [5.41, 5.74) is 0.917. The molecule has 1 atom stereocenters. The largest absolute Gasteiger partial charge is 0.496 e. The monoisotopic (exact) mass is 206 g/mol. The zero-order chi connectivity index (χ0) is 10.7. The predicted molar refractivity (Wildman–Crippen MR) is 59.9 cm³/mol. The van der Waals surface area contributed by atoms with Crippen LogP contribution in [0, 0.1) is 5.92 Å².